The highest BCUT2D eigenvalue weighted by Gasteiger charge is 2.46. The van der Waals surface area contributed by atoms with Crippen LogP contribution in [0.3, 0.4) is 0 Å². The molecule has 1 atom stereocenters. The second-order valence-electron chi connectivity index (χ2n) is 6.92. The summed E-state index contributed by atoms with van der Waals surface area (Å²) >= 11 is 6.18. The maximum Gasteiger partial charge on any atom is 0.283 e. The van der Waals surface area contributed by atoms with Gasteiger partial charge in [0.1, 0.15) is 18.1 Å². The van der Waals surface area contributed by atoms with Gasteiger partial charge < -0.3 is 15.2 Å². The molecule has 5 heteroatoms. The number of halogens is 1. The van der Waals surface area contributed by atoms with Crippen LogP contribution in [-0.2, 0) is 10.3 Å². The van der Waals surface area contributed by atoms with Crippen molar-refractivity contribution in [2.45, 2.75) is 12.5 Å². The molecule has 0 radical (unpaired) electrons. The van der Waals surface area contributed by atoms with Gasteiger partial charge in [-0.3, -0.25) is 0 Å². The van der Waals surface area contributed by atoms with Crippen LogP contribution in [0.1, 0.15) is 16.7 Å². The van der Waals surface area contributed by atoms with Crippen LogP contribution >= 0.6 is 11.6 Å². The van der Waals surface area contributed by atoms with Crippen molar-refractivity contribution in [1.82, 2.24) is 0 Å². The zero-order chi connectivity index (χ0) is 18.6. The molecule has 2 aliphatic heterocycles. The van der Waals surface area contributed by atoms with Gasteiger partial charge in [0.15, 0.2) is 5.54 Å². The van der Waals surface area contributed by atoms with Crippen LogP contribution < -0.4 is 10.5 Å². The molecule has 1 unspecified atom stereocenters. The average molecular weight is 377 g/mol. The average Bonchev–Trinajstić information content (AvgIpc) is 3.04. The molecule has 2 N–H and O–H groups in total. The molecule has 4 nitrogen and oxygen atoms in total. The van der Waals surface area contributed by atoms with E-state index in [1.807, 2.05) is 55.5 Å². The Kier molecular flexibility index (Phi) is 3.46. The molecule has 0 saturated heterocycles. The van der Waals surface area contributed by atoms with Gasteiger partial charge in [0, 0.05) is 16.1 Å². The van der Waals surface area contributed by atoms with Crippen LogP contribution in [-0.4, -0.2) is 12.6 Å². The number of nitrogens with two attached hydrogens (primary N) is 1. The molecule has 27 heavy (non-hydrogen) atoms. The van der Waals surface area contributed by atoms with Crippen molar-refractivity contribution in [2.75, 3.05) is 6.61 Å². The van der Waals surface area contributed by atoms with Gasteiger partial charge in [0.2, 0.25) is 0 Å². The minimum absolute atomic E-state index is 0.197. The monoisotopic (exact) mass is 376 g/mol. The lowest BCUT2D eigenvalue weighted by Gasteiger charge is -2.34. The van der Waals surface area contributed by atoms with E-state index in [9.17, 15) is 0 Å². The van der Waals surface area contributed by atoms with Crippen molar-refractivity contribution in [1.29, 1.82) is 0 Å². The number of aliphatic imine (C=N–C) groups is 1. The highest BCUT2D eigenvalue weighted by Crippen LogP contribution is 2.51. The first kappa shape index (κ1) is 16.2. The number of ether oxygens (including phenoxy) is 2. The molecule has 0 bridgehead atoms. The third kappa shape index (κ3) is 2.48. The largest absolute Gasteiger partial charge is 0.462 e. The zero-order valence-electron chi connectivity index (χ0n) is 14.7. The van der Waals surface area contributed by atoms with Gasteiger partial charge in [-0.15, -0.1) is 0 Å². The molecule has 2 heterocycles. The first-order chi connectivity index (χ1) is 13.0. The third-order valence-corrected chi connectivity index (χ3v) is 5.35. The Morgan fingerprint density at radius 2 is 1.81 bits per heavy atom. The van der Waals surface area contributed by atoms with Crippen LogP contribution in [0.2, 0.25) is 5.02 Å². The maximum absolute atomic E-state index is 6.20. The normalized spacial score (nSPS) is 19.7. The van der Waals surface area contributed by atoms with E-state index in [4.69, 9.17) is 31.8 Å². The minimum Gasteiger partial charge on any atom is -0.462 e. The van der Waals surface area contributed by atoms with E-state index in [1.54, 1.807) is 0 Å². The van der Waals surface area contributed by atoms with Gasteiger partial charge in [-0.2, -0.15) is 0 Å². The zero-order valence-corrected chi connectivity index (χ0v) is 15.5. The molecular formula is C22H17ClN2O2. The molecule has 3 aromatic carbocycles. The lowest BCUT2D eigenvalue weighted by atomic mass is 9.80. The number of hydrogen-bond donors (Lipinski definition) is 1. The first-order valence-electron chi connectivity index (χ1n) is 8.73. The Bertz CT molecular complexity index is 1110. The molecule has 5 rings (SSSR count). The third-order valence-electron chi connectivity index (χ3n) is 5.12. The van der Waals surface area contributed by atoms with Crippen LogP contribution in [0.4, 0.5) is 0 Å². The summed E-state index contributed by atoms with van der Waals surface area (Å²) in [5.41, 5.74) is 10.3. The van der Waals surface area contributed by atoms with E-state index in [-0.39, 0.29) is 6.02 Å². The number of amidine groups is 1. The van der Waals surface area contributed by atoms with Crippen molar-refractivity contribution in [3.63, 3.8) is 0 Å². The summed E-state index contributed by atoms with van der Waals surface area (Å²) in [5.74, 6) is 1.56. The lowest BCUT2D eigenvalue weighted by Crippen LogP contribution is -2.31. The van der Waals surface area contributed by atoms with Crippen LogP contribution in [0, 0.1) is 6.92 Å². The van der Waals surface area contributed by atoms with Gasteiger partial charge in [-0.05, 0) is 53.9 Å². The second-order valence-corrected chi connectivity index (χ2v) is 7.36. The molecular weight excluding hydrogens is 360 g/mol. The Balaban J connectivity index is 1.74. The second kappa shape index (κ2) is 5.76. The van der Waals surface area contributed by atoms with E-state index >= 15 is 0 Å². The molecule has 0 aromatic heterocycles. The fourth-order valence-electron chi connectivity index (χ4n) is 3.82. The van der Waals surface area contributed by atoms with Crippen LogP contribution in [0.15, 0.2) is 65.7 Å². The highest BCUT2D eigenvalue weighted by molar-refractivity contribution is 6.30. The summed E-state index contributed by atoms with van der Waals surface area (Å²) in [4.78, 5) is 4.71. The fraction of sp³-hybridized carbons (Fsp3) is 0.136. The van der Waals surface area contributed by atoms with E-state index in [0.717, 1.165) is 39.3 Å². The van der Waals surface area contributed by atoms with Crippen LogP contribution in [0.25, 0.3) is 11.1 Å². The molecule has 3 aromatic rings. The molecule has 134 valence electrons. The molecule has 0 amide bonds. The number of benzene rings is 3. The van der Waals surface area contributed by atoms with Crippen molar-refractivity contribution in [3.05, 3.63) is 82.4 Å². The minimum atomic E-state index is -0.699. The highest BCUT2D eigenvalue weighted by atomic mass is 35.5. The Morgan fingerprint density at radius 3 is 2.59 bits per heavy atom. The smallest absolute Gasteiger partial charge is 0.283 e. The summed E-state index contributed by atoms with van der Waals surface area (Å²) in [6.07, 6.45) is 0. The van der Waals surface area contributed by atoms with Gasteiger partial charge in [0.25, 0.3) is 6.02 Å². The molecule has 0 saturated carbocycles. The number of nitrogens with zero attached hydrogens (tertiary/aromatic N) is 1. The Labute approximate surface area is 162 Å². The van der Waals surface area contributed by atoms with Crippen LogP contribution in [0.5, 0.6) is 11.5 Å². The number of rotatable bonds is 1. The maximum atomic E-state index is 6.20. The van der Waals surface area contributed by atoms with E-state index in [0.29, 0.717) is 11.6 Å². The molecule has 0 aliphatic carbocycles. The molecule has 1 spiro atoms. The number of hydrogen-bond acceptors (Lipinski definition) is 4. The first-order valence-corrected chi connectivity index (χ1v) is 9.10. The Hall–Kier alpha value is -2.98. The fourth-order valence-corrected chi connectivity index (χ4v) is 4.01. The Morgan fingerprint density at radius 1 is 0.963 bits per heavy atom. The molecule has 0 fully saturated rings. The quantitative estimate of drug-likeness (QED) is 0.649. The van der Waals surface area contributed by atoms with Crippen molar-refractivity contribution >= 4 is 17.6 Å². The number of aryl methyl sites for hydroxylation is 1. The van der Waals surface area contributed by atoms with Crippen molar-refractivity contribution < 1.29 is 9.47 Å². The van der Waals surface area contributed by atoms with Gasteiger partial charge >= 0.3 is 0 Å². The van der Waals surface area contributed by atoms with Gasteiger partial charge in [-0.25, -0.2) is 4.99 Å². The molecule has 2 aliphatic rings. The SMILES string of the molecule is Cc1ccc2c(c1)Oc1ccc(-c3cccc(Cl)c3)cc1C21COC(N)=N1. The summed E-state index contributed by atoms with van der Waals surface area (Å²) in [6, 6.07) is 20.2. The lowest BCUT2D eigenvalue weighted by molar-refractivity contribution is 0.264. The summed E-state index contributed by atoms with van der Waals surface area (Å²) in [6.45, 7) is 2.39. The van der Waals surface area contributed by atoms with Gasteiger partial charge in [0.05, 0.1) is 0 Å². The predicted octanol–water partition coefficient (Wildman–Crippen LogP) is 5.01. The topological polar surface area (TPSA) is 56.8 Å². The summed E-state index contributed by atoms with van der Waals surface area (Å²) in [7, 11) is 0. The van der Waals surface area contributed by atoms with E-state index in [1.165, 1.54) is 0 Å². The summed E-state index contributed by atoms with van der Waals surface area (Å²) in [5, 5.41) is 0.698. The summed E-state index contributed by atoms with van der Waals surface area (Å²) < 4.78 is 11.8. The standard InChI is InChI=1S/C22H17ClN2O2/c1-13-5-7-17-20(9-13)27-19-8-6-15(14-3-2-4-16(23)10-14)11-18(19)22(17)12-26-21(24)25-22/h2-11H,12H2,1H3,(H2,24,25). The van der Waals surface area contributed by atoms with E-state index < -0.39 is 5.54 Å². The number of fused-ring (bicyclic) bond motifs is 4. The van der Waals surface area contributed by atoms with E-state index in [2.05, 4.69) is 12.1 Å². The van der Waals surface area contributed by atoms with Gasteiger partial charge in [-0.1, -0.05) is 41.9 Å². The predicted molar refractivity (Wildman–Crippen MR) is 106 cm³/mol. The van der Waals surface area contributed by atoms with Crippen molar-refractivity contribution in [3.8, 4) is 22.6 Å². The van der Waals surface area contributed by atoms with Crippen molar-refractivity contribution in [2.24, 2.45) is 10.7 Å².